The molecule has 1 aliphatic rings. The van der Waals surface area contributed by atoms with Crippen LogP contribution in [0.1, 0.15) is 61.0 Å². The van der Waals surface area contributed by atoms with Crippen LogP contribution in [0.3, 0.4) is 0 Å². The zero-order chi connectivity index (χ0) is 24.9. The van der Waals surface area contributed by atoms with Crippen molar-refractivity contribution < 1.29 is 27.5 Å². The smallest absolute Gasteiger partial charge is 0.385 e. The van der Waals surface area contributed by atoms with E-state index >= 15 is 0 Å². The van der Waals surface area contributed by atoms with Crippen molar-refractivity contribution in [3.8, 4) is 0 Å². The Morgan fingerprint density at radius 1 is 1.09 bits per heavy atom. The molecule has 0 bridgehead atoms. The molecule has 0 amide bonds. The van der Waals surface area contributed by atoms with Gasteiger partial charge in [-0.05, 0) is 75.5 Å². The highest BCUT2D eigenvalue weighted by atomic mass is 19.4. The third-order valence-corrected chi connectivity index (χ3v) is 6.65. The SMILES string of the molecule is CCN(CC)c1cc(F)ccc1C(=O)CCCN1CCC(O)(c2cccc(C(F)(F)F)c2)CC1. The van der Waals surface area contributed by atoms with Gasteiger partial charge >= 0.3 is 6.18 Å². The minimum atomic E-state index is -4.45. The van der Waals surface area contributed by atoms with Crippen molar-refractivity contribution in [1.29, 1.82) is 0 Å². The number of nitrogens with zero attached hydrogens (tertiary/aromatic N) is 2. The lowest BCUT2D eigenvalue weighted by atomic mass is 9.83. The molecule has 0 spiro atoms. The van der Waals surface area contributed by atoms with E-state index in [0.29, 0.717) is 69.7 Å². The molecule has 0 saturated carbocycles. The van der Waals surface area contributed by atoms with Gasteiger partial charge in [0.2, 0.25) is 0 Å². The lowest BCUT2D eigenvalue weighted by Gasteiger charge is -2.38. The van der Waals surface area contributed by atoms with Gasteiger partial charge in [-0.1, -0.05) is 12.1 Å². The van der Waals surface area contributed by atoms with E-state index < -0.39 is 17.3 Å². The van der Waals surface area contributed by atoms with E-state index in [9.17, 15) is 27.5 Å². The summed E-state index contributed by atoms with van der Waals surface area (Å²) in [5.74, 6) is -0.417. The molecule has 2 aromatic carbocycles. The van der Waals surface area contributed by atoms with Gasteiger partial charge in [0.1, 0.15) is 5.82 Å². The first-order chi connectivity index (χ1) is 16.1. The van der Waals surface area contributed by atoms with Gasteiger partial charge in [-0.15, -0.1) is 0 Å². The summed E-state index contributed by atoms with van der Waals surface area (Å²) < 4.78 is 52.9. The maximum Gasteiger partial charge on any atom is 0.416 e. The molecule has 1 fully saturated rings. The molecule has 186 valence electrons. The summed E-state index contributed by atoms with van der Waals surface area (Å²) >= 11 is 0. The standard InChI is InChI=1S/C26H32F4N2O2/c1-3-32(4-2)23-18-21(27)10-11-22(23)24(33)9-6-14-31-15-12-25(34,13-16-31)19-7-5-8-20(17-19)26(28,29)30/h5,7-8,10-11,17-18,34H,3-4,6,9,12-16H2,1-2H3. The molecule has 0 radical (unpaired) electrons. The fourth-order valence-corrected chi connectivity index (χ4v) is 4.58. The average Bonchev–Trinajstić information content (AvgIpc) is 2.81. The van der Waals surface area contributed by atoms with Gasteiger partial charge in [0, 0.05) is 38.2 Å². The molecule has 34 heavy (non-hydrogen) atoms. The molecular formula is C26H32F4N2O2. The van der Waals surface area contributed by atoms with E-state index in [1.807, 2.05) is 18.7 Å². The number of rotatable bonds is 9. The number of hydrogen-bond acceptors (Lipinski definition) is 4. The first-order valence-corrected chi connectivity index (χ1v) is 11.8. The number of piperidine rings is 1. The highest BCUT2D eigenvalue weighted by Gasteiger charge is 2.37. The Bertz CT molecular complexity index is 981. The van der Waals surface area contributed by atoms with Gasteiger partial charge < -0.3 is 14.9 Å². The minimum Gasteiger partial charge on any atom is -0.385 e. The average molecular weight is 481 g/mol. The summed E-state index contributed by atoms with van der Waals surface area (Å²) in [6.07, 6.45) is -2.88. The zero-order valence-corrected chi connectivity index (χ0v) is 19.7. The number of hydrogen-bond donors (Lipinski definition) is 1. The predicted octanol–water partition coefficient (Wildman–Crippen LogP) is 5.64. The molecule has 1 saturated heterocycles. The molecule has 3 rings (SSSR count). The molecule has 0 unspecified atom stereocenters. The fourth-order valence-electron chi connectivity index (χ4n) is 4.58. The first-order valence-electron chi connectivity index (χ1n) is 11.8. The van der Waals surface area contributed by atoms with Gasteiger partial charge in [-0.3, -0.25) is 4.79 Å². The van der Waals surface area contributed by atoms with Crippen molar-refractivity contribution in [3.05, 3.63) is 65.0 Å². The van der Waals surface area contributed by atoms with Crippen molar-refractivity contribution in [3.63, 3.8) is 0 Å². The van der Waals surface area contributed by atoms with Crippen LogP contribution < -0.4 is 4.90 Å². The molecule has 0 atom stereocenters. The Balaban J connectivity index is 1.55. The van der Waals surface area contributed by atoms with Gasteiger partial charge in [0.05, 0.1) is 16.9 Å². The highest BCUT2D eigenvalue weighted by molar-refractivity contribution is 6.01. The van der Waals surface area contributed by atoms with E-state index in [-0.39, 0.29) is 17.2 Å². The van der Waals surface area contributed by atoms with Crippen molar-refractivity contribution in [1.82, 2.24) is 4.90 Å². The molecule has 0 aliphatic carbocycles. The maximum absolute atomic E-state index is 13.8. The molecule has 4 nitrogen and oxygen atoms in total. The van der Waals surface area contributed by atoms with Crippen molar-refractivity contribution in [2.45, 2.75) is 51.3 Å². The summed E-state index contributed by atoms with van der Waals surface area (Å²) in [4.78, 5) is 16.9. The van der Waals surface area contributed by atoms with Crippen LogP contribution in [0.15, 0.2) is 42.5 Å². The Hall–Kier alpha value is -2.45. The van der Waals surface area contributed by atoms with Crippen LogP contribution in [0.5, 0.6) is 0 Å². The van der Waals surface area contributed by atoms with Gasteiger partial charge in [-0.25, -0.2) is 4.39 Å². The molecular weight excluding hydrogens is 448 g/mol. The number of aliphatic hydroxyl groups is 1. The zero-order valence-electron chi connectivity index (χ0n) is 19.7. The summed E-state index contributed by atoms with van der Waals surface area (Å²) in [7, 11) is 0. The number of halogens is 4. The third-order valence-electron chi connectivity index (χ3n) is 6.65. The number of Topliss-reactive ketones (excluding diaryl/α,β-unsaturated/α-hetero) is 1. The number of alkyl halides is 3. The van der Waals surface area contributed by atoms with Crippen molar-refractivity contribution in [2.24, 2.45) is 0 Å². The Labute approximate surface area is 198 Å². The van der Waals surface area contributed by atoms with E-state index in [4.69, 9.17) is 0 Å². The maximum atomic E-state index is 13.8. The number of benzene rings is 2. The summed E-state index contributed by atoms with van der Waals surface area (Å²) in [5, 5.41) is 11.0. The first kappa shape index (κ1) is 26.2. The number of carbonyl (C=O) groups is 1. The highest BCUT2D eigenvalue weighted by Crippen LogP contribution is 2.36. The Morgan fingerprint density at radius 3 is 2.38 bits per heavy atom. The lowest BCUT2D eigenvalue weighted by Crippen LogP contribution is -2.43. The Morgan fingerprint density at radius 2 is 1.76 bits per heavy atom. The lowest BCUT2D eigenvalue weighted by molar-refractivity contribution is -0.137. The Kier molecular flexibility index (Phi) is 8.36. The second kappa shape index (κ2) is 10.9. The van der Waals surface area contributed by atoms with Crippen LogP contribution in [0.25, 0.3) is 0 Å². The number of carbonyl (C=O) groups excluding carboxylic acids is 1. The topological polar surface area (TPSA) is 43.8 Å². The van der Waals surface area contributed by atoms with Crippen LogP contribution in [0.4, 0.5) is 23.2 Å². The van der Waals surface area contributed by atoms with E-state index in [1.54, 1.807) is 12.1 Å². The number of ketones is 1. The van der Waals surface area contributed by atoms with Gasteiger partial charge in [0.25, 0.3) is 0 Å². The van der Waals surface area contributed by atoms with E-state index in [2.05, 4.69) is 4.90 Å². The molecule has 1 heterocycles. The number of anilines is 1. The molecule has 2 aromatic rings. The molecule has 1 aliphatic heterocycles. The monoisotopic (exact) mass is 480 g/mol. The van der Waals surface area contributed by atoms with Crippen LogP contribution in [-0.2, 0) is 11.8 Å². The summed E-state index contributed by atoms with van der Waals surface area (Å²) in [6.45, 7) is 6.96. The summed E-state index contributed by atoms with van der Waals surface area (Å²) in [6, 6.07) is 9.16. The van der Waals surface area contributed by atoms with Crippen LogP contribution >= 0.6 is 0 Å². The van der Waals surface area contributed by atoms with E-state index in [0.717, 1.165) is 12.1 Å². The second-order valence-corrected chi connectivity index (χ2v) is 8.81. The summed E-state index contributed by atoms with van der Waals surface area (Å²) in [5.41, 5.74) is -0.635. The van der Waals surface area contributed by atoms with Crippen LogP contribution in [-0.4, -0.2) is 48.5 Å². The van der Waals surface area contributed by atoms with Gasteiger partial charge in [0.15, 0.2) is 5.78 Å². The quantitative estimate of drug-likeness (QED) is 0.373. The normalized spacial score (nSPS) is 16.4. The minimum absolute atomic E-state index is 0.0422. The largest absolute Gasteiger partial charge is 0.416 e. The third kappa shape index (κ3) is 6.16. The molecule has 8 heteroatoms. The van der Waals surface area contributed by atoms with Crippen LogP contribution in [0.2, 0.25) is 0 Å². The predicted molar refractivity (Wildman–Crippen MR) is 125 cm³/mol. The van der Waals surface area contributed by atoms with Gasteiger partial charge in [-0.2, -0.15) is 13.2 Å². The second-order valence-electron chi connectivity index (χ2n) is 8.81. The number of likely N-dealkylation sites (tertiary alicyclic amines) is 1. The van der Waals surface area contributed by atoms with Crippen molar-refractivity contribution >= 4 is 11.5 Å². The van der Waals surface area contributed by atoms with E-state index in [1.165, 1.54) is 18.2 Å². The fraction of sp³-hybridized carbons (Fsp3) is 0.500. The van der Waals surface area contributed by atoms with Crippen molar-refractivity contribution in [2.75, 3.05) is 37.6 Å². The molecule has 0 aromatic heterocycles. The van der Waals surface area contributed by atoms with Crippen LogP contribution in [0, 0.1) is 5.82 Å². The molecule has 1 N–H and O–H groups in total.